The van der Waals surface area contributed by atoms with E-state index in [1.165, 1.54) is 17.7 Å². The highest BCUT2D eigenvalue weighted by atomic mass is 32.2. The third kappa shape index (κ3) is 5.59. The van der Waals surface area contributed by atoms with Crippen molar-refractivity contribution in [3.8, 4) is 0 Å². The van der Waals surface area contributed by atoms with Crippen molar-refractivity contribution in [3.05, 3.63) is 90.0 Å². The molecule has 0 aliphatic carbocycles. The molecule has 3 aromatic carbocycles. The average molecular weight is 508 g/mol. The molecule has 1 aliphatic rings. The number of hydrogen-bond donors (Lipinski definition) is 1. The molecule has 5 rings (SSSR count). The highest BCUT2D eigenvalue weighted by Crippen LogP contribution is 2.23. The van der Waals surface area contributed by atoms with Crippen LogP contribution in [0.15, 0.2) is 77.7 Å². The summed E-state index contributed by atoms with van der Waals surface area (Å²) in [6.07, 6.45) is 0.820. The monoisotopic (exact) mass is 507 g/mol. The van der Waals surface area contributed by atoms with Gasteiger partial charge in [0, 0.05) is 52.7 Å². The van der Waals surface area contributed by atoms with E-state index in [9.17, 15) is 12.8 Å². The van der Waals surface area contributed by atoms with Crippen LogP contribution in [0, 0.1) is 5.82 Å². The number of piperazine rings is 1. The van der Waals surface area contributed by atoms with Crippen LogP contribution in [0.4, 0.5) is 10.1 Å². The summed E-state index contributed by atoms with van der Waals surface area (Å²) >= 11 is 0. The molecule has 0 atom stereocenters. The highest BCUT2D eigenvalue weighted by Gasteiger charge is 2.19. The van der Waals surface area contributed by atoms with Crippen LogP contribution in [-0.4, -0.2) is 60.5 Å². The van der Waals surface area contributed by atoms with E-state index < -0.39 is 15.8 Å². The van der Waals surface area contributed by atoms with Crippen molar-refractivity contribution in [1.82, 2.24) is 19.4 Å². The second-order valence-corrected chi connectivity index (χ2v) is 10.9. The minimum atomic E-state index is -3.81. The lowest BCUT2D eigenvalue weighted by Gasteiger charge is -2.34. The molecule has 0 unspecified atom stereocenters. The van der Waals surface area contributed by atoms with Crippen LogP contribution in [0.1, 0.15) is 11.4 Å². The Balaban J connectivity index is 1.19. The molecular formula is C27H30FN5O2S. The van der Waals surface area contributed by atoms with Gasteiger partial charge in [-0.1, -0.05) is 30.3 Å². The Morgan fingerprint density at radius 1 is 0.917 bits per heavy atom. The predicted molar refractivity (Wildman–Crippen MR) is 140 cm³/mol. The Kier molecular flexibility index (Phi) is 7.04. The molecule has 7 nitrogen and oxygen atoms in total. The van der Waals surface area contributed by atoms with E-state index >= 15 is 0 Å². The largest absolute Gasteiger partial charge is 0.331 e. The van der Waals surface area contributed by atoms with Gasteiger partial charge in [0.25, 0.3) is 10.0 Å². The van der Waals surface area contributed by atoms with Crippen molar-refractivity contribution in [2.45, 2.75) is 17.9 Å². The molecule has 1 aromatic heterocycles. The third-order valence-corrected chi connectivity index (χ3v) is 8.11. The molecule has 36 heavy (non-hydrogen) atoms. The number of nitrogens with zero attached hydrogens (tertiary/aromatic N) is 4. The maximum Gasteiger partial charge on any atom is 0.261 e. The van der Waals surface area contributed by atoms with Gasteiger partial charge in [-0.25, -0.2) is 17.8 Å². The number of benzene rings is 3. The highest BCUT2D eigenvalue weighted by molar-refractivity contribution is 7.92. The van der Waals surface area contributed by atoms with Crippen LogP contribution in [0.5, 0.6) is 0 Å². The Labute approximate surface area is 211 Å². The lowest BCUT2D eigenvalue weighted by molar-refractivity contribution is 0.127. The van der Waals surface area contributed by atoms with Gasteiger partial charge < -0.3 is 9.47 Å². The van der Waals surface area contributed by atoms with Crippen molar-refractivity contribution in [1.29, 1.82) is 0 Å². The Bertz CT molecular complexity index is 1430. The van der Waals surface area contributed by atoms with Gasteiger partial charge in [-0.05, 0) is 48.0 Å². The van der Waals surface area contributed by atoms with Crippen molar-refractivity contribution >= 4 is 26.7 Å². The van der Waals surface area contributed by atoms with Crippen LogP contribution >= 0.6 is 0 Å². The molecule has 0 spiro atoms. The SMILES string of the molecule is Cn1c(CCN2CCN(Cc3ccccc3)CC2)nc2cc(NS(=O)(=O)c3ccc(F)cc3)ccc21. The van der Waals surface area contributed by atoms with Gasteiger partial charge in [-0.2, -0.15) is 0 Å². The summed E-state index contributed by atoms with van der Waals surface area (Å²) in [5.74, 6) is 0.487. The zero-order chi connectivity index (χ0) is 25.1. The number of aromatic nitrogens is 2. The summed E-state index contributed by atoms with van der Waals surface area (Å²) in [5.41, 5.74) is 3.46. The summed E-state index contributed by atoms with van der Waals surface area (Å²) in [5, 5.41) is 0. The topological polar surface area (TPSA) is 70.5 Å². The molecule has 1 N–H and O–H groups in total. The van der Waals surface area contributed by atoms with Crippen molar-refractivity contribution in [3.63, 3.8) is 0 Å². The lowest BCUT2D eigenvalue weighted by Crippen LogP contribution is -2.46. The number of hydrogen-bond acceptors (Lipinski definition) is 5. The van der Waals surface area contributed by atoms with E-state index in [1.54, 1.807) is 12.1 Å². The fourth-order valence-electron chi connectivity index (χ4n) is 4.64. The summed E-state index contributed by atoms with van der Waals surface area (Å²) in [4.78, 5) is 9.76. The number of nitrogens with one attached hydrogen (secondary N) is 1. The Morgan fingerprint density at radius 2 is 1.61 bits per heavy atom. The van der Waals surface area contributed by atoms with Gasteiger partial charge in [-0.15, -0.1) is 0 Å². The molecule has 2 heterocycles. The van der Waals surface area contributed by atoms with E-state index in [2.05, 4.69) is 49.4 Å². The van der Waals surface area contributed by atoms with E-state index in [1.807, 2.05) is 13.1 Å². The standard InChI is InChI=1S/C27H30FN5O2S/c1-31-26-12-9-23(30-36(34,35)24-10-7-22(28)8-11-24)19-25(26)29-27(31)13-14-32-15-17-33(18-16-32)20-21-5-3-2-4-6-21/h2-12,19,30H,13-18,20H2,1H3. The zero-order valence-corrected chi connectivity index (χ0v) is 21.1. The molecule has 1 fully saturated rings. The van der Waals surface area contributed by atoms with Crippen LogP contribution < -0.4 is 4.72 Å². The number of halogens is 1. The number of anilines is 1. The first-order chi connectivity index (χ1) is 17.4. The van der Waals surface area contributed by atoms with E-state index in [-0.39, 0.29) is 4.90 Å². The van der Waals surface area contributed by atoms with E-state index in [0.29, 0.717) is 5.69 Å². The average Bonchev–Trinajstić information content (AvgIpc) is 3.19. The molecule has 1 saturated heterocycles. The molecular weight excluding hydrogens is 477 g/mol. The van der Waals surface area contributed by atoms with Gasteiger partial charge in [0.1, 0.15) is 11.6 Å². The van der Waals surface area contributed by atoms with Gasteiger partial charge >= 0.3 is 0 Å². The van der Waals surface area contributed by atoms with Crippen molar-refractivity contribution in [2.24, 2.45) is 7.05 Å². The van der Waals surface area contributed by atoms with Gasteiger partial charge in [0.05, 0.1) is 21.6 Å². The molecule has 0 radical (unpaired) electrons. The number of rotatable bonds is 8. The van der Waals surface area contributed by atoms with Gasteiger partial charge in [-0.3, -0.25) is 9.62 Å². The zero-order valence-electron chi connectivity index (χ0n) is 20.3. The summed E-state index contributed by atoms with van der Waals surface area (Å²) in [6, 6.07) is 20.7. The Hall–Kier alpha value is -3.27. The first-order valence-electron chi connectivity index (χ1n) is 12.1. The maximum absolute atomic E-state index is 13.2. The summed E-state index contributed by atoms with van der Waals surface area (Å²) in [6.45, 7) is 6.09. The molecule has 0 amide bonds. The van der Waals surface area contributed by atoms with Crippen molar-refractivity contribution in [2.75, 3.05) is 37.4 Å². The fraction of sp³-hybridized carbons (Fsp3) is 0.296. The normalized spacial score (nSPS) is 15.4. The minimum absolute atomic E-state index is 0.00886. The second kappa shape index (κ2) is 10.4. The molecule has 9 heteroatoms. The van der Waals surface area contributed by atoms with E-state index in [4.69, 9.17) is 4.98 Å². The van der Waals surface area contributed by atoms with Crippen LogP contribution in [-0.2, 0) is 30.0 Å². The predicted octanol–water partition coefficient (Wildman–Crippen LogP) is 3.87. The van der Waals surface area contributed by atoms with Gasteiger partial charge in [0.15, 0.2) is 0 Å². The number of imidazole rings is 1. The summed E-state index contributed by atoms with van der Waals surface area (Å²) < 4.78 is 43.1. The second-order valence-electron chi connectivity index (χ2n) is 9.20. The molecule has 0 bridgehead atoms. The number of fused-ring (bicyclic) bond motifs is 1. The summed E-state index contributed by atoms with van der Waals surface area (Å²) in [7, 11) is -1.82. The first-order valence-corrected chi connectivity index (χ1v) is 13.6. The van der Waals surface area contributed by atoms with Gasteiger partial charge in [0.2, 0.25) is 0 Å². The lowest BCUT2D eigenvalue weighted by atomic mass is 10.2. The van der Waals surface area contributed by atoms with Crippen LogP contribution in [0.2, 0.25) is 0 Å². The number of aryl methyl sites for hydroxylation is 1. The third-order valence-electron chi connectivity index (χ3n) is 6.72. The Morgan fingerprint density at radius 3 is 2.33 bits per heavy atom. The quantitative estimate of drug-likeness (QED) is 0.392. The smallest absolute Gasteiger partial charge is 0.261 e. The maximum atomic E-state index is 13.2. The van der Waals surface area contributed by atoms with Crippen molar-refractivity contribution < 1.29 is 12.8 Å². The molecule has 0 saturated carbocycles. The number of sulfonamides is 1. The van der Waals surface area contributed by atoms with E-state index in [0.717, 1.165) is 74.7 Å². The van der Waals surface area contributed by atoms with Crippen LogP contribution in [0.25, 0.3) is 11.0 Å². The fourth-order valence-corrected chi connectivity index (χ4v) is 5.68. The molecule has 188 valence electrons. The molecule has 4 aromatic rings. The molecule has 1 aliphatic heterocycles. The van der Waals surface area contributed by atoms with Crippen LogP contribution in [0.3, 0.4) is 0 Å². The first kappa shape index (κ1) is 24.4. The minimum Gasteiger partial charge on any atom is -0.331 e.